The van der Waals surface area contributed by atoms with Gasteiger partial charge in [0.2, 0.25) is 17.6 Å². The van der Waals surface area contributed by atoms with Gasteiger partial charge in [-0.1, -0.05) is 11.6 Å². The fraction of sp³-hybridized carbons (Fsp3) is 0.562. The summed E-state index contributed by atoms with van der Waals surface area (Å²) < 4.78 is 10.6. The zero-order valence-corrected chi connectivity index (χ0v) is 12.7. The highest BCUT2D eigenvalue weighted by Crippen LogP contribution is 2.38. The van der Waals surface area contributed by atoms with E-state index >= 15 is 0 Å². The summed E-state index contributed by atoms with van der Waals surface area (Å²) in [7, 11) is 1.60. The lowest BCUT2D eigenvalue weighted by Crippen LogP contribution is -2.39. The molecule has 3 heterocycles. The minimum atomic E-state index is 0.290. The van der Waals surface area contributed by atoms with Crippen molar-refractivity contribution in [2.75, 3.05) is 13.7 Å². The third kappa shape index (κ3) is 2.37. The molecule has 2 fully saturated rings. The Bertz CT molecular complexity index is 636. The first-order valence-corrected chi connectivity index (χ1v) is 7.95. The number of hydrogen-bond acceptors (Lipinski definition) is 6. The fourth-order valence-corrected chi connectivity index (χ4v) is 3.33. The van der Waals surface area contributed by atoms with E-state index in [4.69, 9.17) is 9.26 Å². The minimum absolute atomic E-state index is 0.290. The molecule has 0 radical (unpaired) electrons. The van der Waals surface area contributed by atoms with Crippen LogP contribution < -0.4 is 4.74 Å². The molecule has 1 saturated carbocycles. The predicted molar refractivity (Wildman–Crippen MR) is 80.4 cm³/mol. The lowest BCUT2D eigenvalue weighted by molar-refractivity contribution is 0.0966. The average Bonchev–Trinajstić information content (AvgIpc) is 3.14. The van der Waals surface area contributed by atoms with Gasteiger partial charge in [-0.15, -0.1) is 0 Å². The molecule has 0 spiro atoms. The van der Waals surface area contributed by atoms with Crippen molar-refractivity contribution in [1.29, 1.82) is 0 Å². The van der Waals surface area contributed by atoms with Gasteiger partial charge >= 0.3 is 0 Å². The first-order chi connectivity index (χ1) is 10.8. The van der Waals surface area contributed by atoms with Crippen LogP contribution in [0.4, 0.5) is 0 Å². The summed E-state index contributed by atoms with van der Waals surface area (Å²) >= 11 is 0. The van der Waals surface area contributed by atoms with Crippen LogP contribution >= 0.6 is 0 Å². The zero-order valence-electron chi connectivity index (χ0n) is 12.7. The van der Waals surface area contributed by atoms with E-state index in [1.54, 1.807) is 13.3 Å². The highest BCUT2D eigenvalue weighted by Gasteiger charge is 2.37. The smallest absolute Gasteiger partial charge is 0.244 e. The highest BCUT2D eigenvalue weighted by atomic mass is 16.5. The maximum atomic E-state index is 5.55. The molecule has 0 amide bonds. The first-order valence-electron chi connectivity index (χ1n) is 7.95. The van der Waals surface area contributed by atoms with Crippen molar-refractivity contribution in [3.05, 3.63) is 24.2 Å². The monoisotopic (exact) mass is 300 g/mol. The van der Waals surface area contributed by atoms with Gasteiger partial charge in [0.05, 0.1) is 13.2 Å². The molecule has 1 unspecified atom stereocenters. The van der Waals surface area contributed by atoms with Crippen LogP contribution in [0.1, 0.15) is 44.0 Å². The SMILES string of the molecule is COc1ccc(-c2noc(C3CCCN3C3CCC3)n2)cn1. The summed E-state index contributed by atoms with van der Waals surface area (Å²) in [4.78, 5) is 11.3. The number of rotatable bonds is 4. The summed E-state index contributed by atoms with van der Waals surface area (Å²) in [6.45, 7) is 1.15. The van der Waals surface area contributed by atoms with E-state index in [2.05, 4.69) is 20.0 Å². The van der Waals surface area contributed by atoms with Gasteiger partial charge < -0.3 is 9.26 Å². The van der Waals surface area contributed by atoms with Crippen LogP contribution in [0.2, 0.25) is 0 Å². The van der Waals surface area contributed by atoms with E-state index in [0.29, 0.717) is 17.7 Å². The number of methoxy groups -OCH3 is 1. The van der Waals surface area contributed by atoms with Crippen LogP contribution in [0, 0.1) is 0 Å². The third-order valence-electron chi connectivity index (χ3n) is 4.77. The number of hydrogen-bond donors (Lipinski definition) is 0. The van der Waals surface area contributed by atoms with Crippen LogP contribution in [-0.4, -0.2) is 39.7 Å². The standard InChI is InChI=1S/C16H20N4O2/c1-21-14-8-7-11(10-17-14)15-18-16(22-19-15)13-6-3-9-20(13)12-4-2-5-12/h7-8,10,12-13H,2-6,9H2,1H3. The molecule has 1 aliphatic heterocycles. The molecule has 116 valence electrons. The van der Waals surface area contributed by atoms with Crippen molar-refractivity contribution < 1.29 is 9.26 Å². The van der Waals surface area contributed by atoms with E-state index in [1.165, 1.54) is 25.7 Å². The van der Waals surface area contributed by atoms with Crippen molar-refractivity contribution >= 4 is 0 Å². The molecule has 4 rings (SSSR count). The summed E-state index contributed by atoms with van der Waals surface area (Å²) in [5, 5.41) is 4.13. The van der Waals surface area contributed by atoms with Gasteiger partial charge in [0.1, 0.15) is 0 Å². The predicted octanol–water partition coefficient (Wildman–Crippen LogP) is 2.83. The molecule has 6 heteroatoms. The number of aromatic nitrogens is 3. The van der Waals surface area contributed by atoms with E-state index in [-0.39, 0.29) is 6.04 Å². The Labute approximate surface area is 129 Å². The van der Waals surface area contributed by atoms with Gasteiger partial charge in [0.25, 0.3) is 0 Å². The van der Waals surface area contributed by atoms with Gasteiger partial charge in [-0.25, -0.2) is 4.98 Å². The molecule has 1 atom stereocenters. The van der Waals surface area contributed by atoms with E-state index in [1.807, 2.05) is 12.1 Å². The Morgan fingerprint density at radius 1 is 1.23 bits per heavy atom. The number of nitrogens with zero attached hydrogens (tertiary/aromatic N) is 4. The molecular weight excluding hydrogens is 280 g/mol. The number of likely N-dealkylation sites (tertiary alicyclic amines) is 1. The Morgan fingerprint density at radius 3 is 2.82 bits per heavy atom. The van der Waals surface area contributed by atoms with Crippen molar-refractivity contribution in [2.24, 2.45) is 0 Å². The van der Waals surface area contributed by atoms with Crippen LogP contribution in [-0.2, 0) is 0 Å². The van der Waals surface area contributed by atoms with Gasteiger partial charge in [0, 0.05) is 23.9 Å². The maximum absolute atomic E-state index is 5.55. The molecule has 2 aromatic rings. The molecule has 22 heavy (non-hydrogen) atoms. The topological polar surface area (TPSA) is 64.3 Å². The second kappa shape index (κ2) is 5.68. The normalized spacial score (nSPS) is 22.7. The van der Waals surface area contributed by atoms with E-state index in [9.17, 15) is 0 Å². The Balaban J connectivity index is 1.55. The van der Waals surface area contributed by atoms with Crippen LogP contribution in [0.15, 0.2) is 22.9 Å². The molecule has 0 N–H and O–H groups in total. The molecule has 2 aromatic heterocycles. The van der Waals surface area contributed by atoms with Crippen LogP contribution in [0.3, 0.4) is 0 Å². The number of ether oxygens (including phenoxy) is 1. The Hall–Kier alpha value is -1.95. The van der Waals surface area contributed by atoms with Crippen molar-refractivity contribution in [3.63, 3.8) is 0 Å². The molecule has 0 aromatic carbocycles. The summed E-state index contributed by atoms with van der Waals surface area (Å²) in [6, 6.07) is 4.71. The van der Waals surface area contributed by atoms with Gasteiger partial charge in [0.15, 0.2) is 0 Å². The zero-order chi connectivity index (χ0) is 14.9. The van der Waals surface area contributed by atoms with Crippen LogP contribution in [0.5, 0.6) is 5.88 Å². The fourth-order valence-electron chi connectivity index (χ4n) is 3.33. The largest absolute Gasteiger partial charge is 0.481 e. The molecular formula is C16H20N4O2. The average molecular weight is 300 g/mol. The van der Waals surface area contributed by atoms with Crippen molar-refractivity contribution in [3.8, 4) is 17.3 Å². The molecule has 0 bridgehead atoms. The van der Waals surface area contributed by atoms with Crippen molar-refractivity contribution in [1.82, 2.24) is 20.0 Å². The second-order valence-electron chi connectivity index (χ2n) is 6.03. The van der Waals surface area contributed by atoms with Gasteiger partial charge in [-0.2, -0.15) is 4.98 Å². The lowest BCUT2D eigenvalue weighted by atomic mass is 9.91. The lowest BCUT2D eigenvalue weighted by Gasteiger charge is -2.37. The number of pyridine rings is 1. The molecule has 2 aliphatic rings. The third-order valence-corrected chi connectivity index (χ3v) is 4.77. The molecule has 6 nitrogen and oxygen atoms in total. The van der Waals surface area contributed by atoms with Crippen LogP contribution in [0.25, 0.3) is 11.4 Å². The van der Waals surface area contributed by atoms with E-state index in [0.717, 1.165) is 24.4 Å². The highest BCUT2D eigenvalue weighted by molar-refractivity contribution is 5.53. The first kappa shape index (κ1) is 13.7. The second-order valence-corrected chi connectivity index (χ2v) is 6.03. The molecule has 1 aliphatic carbocycles. The Morgan fingerprint density at radius 2 is 2.14 bits per heavy atom. The van der Waals surface area contributed by atoms with Crippen molar-refractivity contribution in [2.45, 2.75) is 44.2 Å². The summed E-state index contributed by atoms with van der Waals surface area (Å²) in [6.07, 6.45) is 7.99. The van der Waals surface area contributed by atoms with Gasteiger partial charge in [-0.3, -0.25) is 4.90 Å². The summed E-state index contributed by atoms with van der Waals surface area (Å²) in [5.41, 5.74) is 0.851. The minimum Gasteiger partial charge on any atom is -0.481 e. The quantitative estimate of drug-likeness (QED) is 0.865. The maximum Gasteiger partial charge on any atom is 0.244 e. The molecule has 1 saturated heterocycles. The Kier molecular flexibility index (Phi) is 3.54. The van der Waals surface area contributed by atoms with E-state index < -0.39 is 0 Å². The van der Waals surface area contributed by atoms with Gasteiger partial charge in [-0.05, 0) is 38.3 Å². The summed E-state index contributed by atoms with van der Waals surface area (Å²) in [5.74, 6) is 1.93.